The number of nitriles is 1. The maximum Gasteiger partial charge on any atom is 0.410 e. The Kier molecular flexibility index (Phi) is 4.67. The van der Waals surface area contributed by atoms with Crippen LogP contribution in [0.3, 0.4) is 0 Å². The third-order valence-electron chi connectivity index (χ3n) is 5.17. The van der Waals surface area contributed by atoms with Crippen molar-refractivity contribution in [3.63, 3.8) is 0 Å². The van der Waals surface area contributed by atoms with Crippen LogP contribution in [0.15, 0.2) is 18.5 Å². The quantitative estimate of drug-likeness (QED) is 0.722. The summed E-state index contributed by atoms with van der Waals surface area (Å²) in [7, 11) is 0. The molecule has 0 aromatic carbocycles. The first kappa shape index (κ1) is 18.3. The largest absolute Gasteiger partial charge is 0.444 e. The van der Waals surface area contributed by atoms with Crippen LogP contribution in [0.25, 0.3) is 0 Å². The monoisotopic (exact) mass is 351 g/mol. The van der Waals surface area contributed by atoms with Gasteiger partial charge in [0.1, 0.15) is 5.60 Å². The third kappa shape index (κ3) is 3.40. The standard InChI is InChI=1S/C21H25N3O2/c1-5-6-15-9-16(13-23-12-15)21(14-22)10-17-7-8-18(11-21)24(17)19(25)26-20(2,3)4/h9,12-13,17-18H,7-8,10-11H2,1-4H3/t17-,18+,21?. The summed E-state index contributed by atoms with van der Waals surface area (Å²) in [4.78, 5) is 18.8. The van der Waals surface area contributed by atoms with E-state index in [1.807, 2.05) is 31.7 Å². The molecule has 3 atom stereocenters. The van der Waals surface area contributed by atoms with Crippen molar-refractivity contribution in [2.45, 2.75) is 76.5 Å². The predicted octanol–water partition coefficient (Wildman–Crippen LogP) is 3.78. The van der Waals surface area contributed by atoms with E-state index in [1.165, 1.54) is 0 Å². The van der Waals surface area contributed by atoms with E-state index in [2.05, 4.69) is 22.9 Å². The summed E-state index contributed by atoms with van der Waals surface area (Å²) in [5, 5.41) is 10.0. The van der Waals surface area contributed by atoms with Crippen molar-refractivity contribution in [1.29, 1.82) is 5.26 Å². The Bertz CT molecular complexity index is 793. The smallest absolute Gasteiger partial charge is 0.410 e. The van der Waals surface area contributed by atoms with Crippen LogP contribution in [0, 0.1) is 23.2 Å². The predicted molar refractivity (Wildman–Crippen MR) is 98.2 cm³/mol. The number of carbonyl (C=O) groups excluding carboxylic acids is 1. The maximum atomic E-state index is 12.6. The van der Waals surface area contributed by atoms with Gasteiger partial charge < -0.3 is 9.64 Å². The number of fused-ring (bicyclic) bond motifs is 2. The van der Waals surface area contributed by atoms with Gasteiger partial charge in [0.2, 0.25) is 0 Å². The molecule has 2 bridgehead atoms. The first-order valence-electron chi connectivity index (χ1n) is 9.09. The molecule has 1 amide bonds. The van der Waals surface area contributed by atoms with Crippen LogP contribution in [0.4, 0.5) is 4.79 Å². The molecule has 2 aliphatic heterocycles. The molecule has 0 radical (unpaired) electrons. The number of carbonyl (C=O) groups is 1. The Hall–Kier alpha value is -2.53. The zero-order valence-electron chi connectivity index (χ0n) is 15.9. The highest BCUT2D eigenvalue weighted by Gasteiger charge is 2.52. The lowest BCUT2D eigenvalue weighted by atomic mass is 9.71. The van der Waals surface area contributed by atoms with Crippen LogP contribution in [0.2, 0.25) is 0 Å². The Labute approximate surface area is 155 Å². The molecule has 3 heterocycles. The summed E-state index contributed by atoms with van der Waals surface area (Å²) < 4.78 is 5.59. The van der Waals surface area contributed by atoms with Gasteiger partial charge >= 0.3 is 6.09 Å². The van der Waals surface area contributed by atoms with E-state index in [0.717, 1.165) is 24.0 Å². The number of hydrogen-bond donors (Lipinski definition) is 0. The minimum atomic E-state index is -0.622. The summed E-state index contributed by atoms with van der Waals surface area (Å²) in [5.74, 6) is 5.89. The number of piperidine rings is 1. The fourth-order valence-electron chi connectivity index (χ4n) is 4.17. The van der Waals surface area contributed by atoms with Crippen molar-refractivity contribution in [2.24, 2.45) is 0 Å². The molecule has 1 aromatic heterocycles. The molecule has 1 unspecified atom stereocenters. The first-order chi connectivity index (χ1) is 12.3. The van der Waals surface area contributed by atoms with E-state index in [0.29, 0.717) is 12.8 Å². The summed E-state index contributed by atoms with van der Waals surface area (Å²) in [6, 6.07) is 4.58. The minimum Gasteiger partial charge on any atom is -0.444 e. The van der Waals surface area contributed by atoms with E-state index >= 15 is 0 Å². The van der Waals surface area contributed by atoms with Crippen molar-refractivity contribution in [3.05, 3.63) is 29.6 Å². The summed E-state index contributed by atoms with van der Waals surface area (Å²) in [5.41, 5.74) is 0.586. The second-order valence-electron chi connectivity index (χ2n) is 8.21. The molecule has 0 spiro atoms. The molecule has 5 heteroatoms. The van der Waals surface area contributed by atoms with Gasteiger partial charge in [-0.2, -0.15) is 5.26 Å². The highest BCUT2D eigenvalue weighted by molar-refractivity contribution is 5.70. The zero-order chi connectivity index (χ0) is 18.9. The molecule has 5 nitrogen and oxygen atoms in total. The van der Waals surface area contributed by atoms with E-state index in [1.54, 1.807) is 19.3 Å². The highest BCUT2D eigenvalue weighted by Crippen LogP contribution is 2.47. The third-order valence-corrected chi connectivity index (χ3v) is 5.17. The molecule has 0 aliphatic carbocycles. The lowest BCUT2D eigenvalue weighted by Gasteiger charge is -2.43. The molecule has 1 aromatic rings. The summed E-state index contributed by atoms with van der Waals surface area (Å²) >= 11 is 0. The molecule has 2 saturated heterocycles. The van der Waals surface area contributed by atoms with Gasteiger partial charge in [0.05, 0.1) is 11.5 Å². The molecule has 26 heavy (non-hydrogen) atoms. The zero-order valence-corrected chi connectivity index (χ0v) is 15.9. The topological polar surface area (TPSA) is 66.2 Å². The number of nitrogens with zero attached hydrogens (tertiary/aromatic N) is 3. The van der Waals surface area contributed by atoms with Crippen LogP contribution in [-0.2, 0) is 10.2 Å². The SMILES string of the molecule is CC#Cc1cncc(C2(C#N)C[C@H]3CC[C@@H](C2)N3C(=O)OC(C)(C)C)c1. The average Bonchev–Trinajstić information content (AvgIpc) is 2.85. The van der Waals surface area contributed by atoms with Crippen LogP contribution in [0.5, 0.6) is 0 Å². The lowest BCUT2D eigenvalue weighted by Crippen LogP contribution is -2.52. The molecule has 0 saturated carbocycles. The Morgan fingerprint density at radius 2 is 1.96 bits per heavy atom. The molecular formula is C21H25N3O2. The van der Waals surface area contributed by atoms with Crippen LogP contribution < -0.4 is 0 Å². The van der Waals surface area contributed by atoms with E-state index in [9.17, 15) is 10.1 Å². The number of aromatic nitrogens is 1. The molecule has 136 valence electrons. The Morgan fingerprint density at radius 3 is 2.50 bits per heavy atom. The molecule has 2 aliphatic rings. The normalized spacial score (nSPS) is 27.3. The van der Waals surface area contributed by atoms with Gasteiger partial charge in [-0.3, -0.25) is 4.98 Å². The minimum absolute atomic E-state index is 0.0316. The van der Waals surface area contributed by atoms with Crippen molar-refractivity contribution < 1.29 is 9.53 Å². The molecule has 2 fully saturated rings. The van der Waals surface area contributed by atoms with Crippen LogP contribution in [-0.4, -0.2) is 33.7 Å². The van der Waals surface area contributed by atoms with Gasteiger partial charge in [0, 0.05) is 30.0 Å². The number of ether oxygens (including phenoxy) is 1. The summed E-state index contributed by atoms with van der Waals surface area (Å²) in [6.45, 7) is 7.42. The van der Waals surface area contributed by atoms with Gasteiger partial charge in [0.15, 0.2) is 0 Å². The maximum absolute atomic E-state index is 12.6. The second kappa shape index (κ2) is 6.65. The first-order valence-corrected chi connectivity index (χ1v) is 9.09. The van der Waals surface area contributed by atoms with Crippen molar-refractivity contribution >= 4 is 6.09 Å². The highest BCUT2D eigenvalue weighted by atomic mass is 16.6. The Balaban J connectivity index is 1.88. The van der Waals surface area contributed by atoms with Gasteiger partial charge in [-0.15, -0.1) is 5.92 Å². The van der Waals surface area contributed by atoms with E-state index in [4.69, 9.17) is 4.74 Å². The average molecular weight is 351 g/mol. The summed E-state index contributed by atoms with van der Waals surface area (Å²) in [6.07, 6.45) is 6.28. The van der Waals surface area contributed by atoms with E-state index < -0.39 is 11.0 Å². The van der Waals surface area contributed by atoms with E-state index in [-0.39, 0.29) is 18.2 Å². The number of amides is 1. The van der Waals surface area contributed by atoms with Crippen molar-refractivity contribution in [1.82, 2.24) is 9.88 Å². The molecule has 0 N–H and O–H groups in total. The molecule has 3 rings (SSSR count). The van der Waals surface area contributed by atoms with Gasteiger partial charge in [-0.05, 0) is 65.0 Å². The lowest BCUT2D eigenvalue weighted by molar-refractivity contribution is 0.00232. The van der Waals surface area contributed by atoms with Crippen LogP contribution >= 0.6 is 0 Å². The van der Waals surface area contributed by atoms with Crippen LogP contribution in [0.1, 0.15) is 64.5 Å². The number of rotatable bonds is 1. The van der Waals surface area contributed by atoms with Gasteiger partial charge in [-0.25, -0.2) is 4.79 Å². The molecular weight excluding hydrogens is 326 g/mol. The van der Waals surface area contributed by atoms with Crippen molar-refractivity contribution in [3.8, 4) is 17.9 Å². The number of hydrogen-bond acceptors (Lipinski definition) is 4. The number of pyridine rings is 1. The Morgan fingerprint density at radius 1 is 1.31 bits per heavy atom. The van der Waals surface area contributed by atoms with Crippen molar-refractivity contribution in [2.75, 3.05) is 0 Å². The van der Waals surface area contributed by atoms with Gasteiger partial charge in [-0.1, -0.05) is 5.92 Å². The fraction of sp³-hybridized carbons (Fsp3) is 0.571. The fourth-order valence-corrected chi connectivity index (χ4v) is 4.17. The second-order valence-corrected chi connectivity index (χ2v) is 8.21. The van der Waals surface area contributed by atoms with Gasteiger partial charge in [0.25, 0.3) is 0 Å².